The first-order valence-corrected chi connectivity index (χ1v) is 12.9. The molecule has 1 saturated heterocycles. The second-order valence-electron chi connectivity index (χ2n) is 7.58. The minimum absolute atomic E-state index is 0.0337. The average molecular weight is 454 g/mol. The Hall–Kier alpha value is -2.10. The molecule has 0 radical (unpaired) electrons. The largest absolute Gasteiger partial charge is 0.497 e. The monoisotopic (exact) mass is 453 g/mol. The number of rotatable bonds is 7. The topological polar surface area (TPSA) is 98.8 Å². The van der Waals surface area contributed by atoms with Crippen molar-refractivity contribution in [3.8, 4) is 11.5 Å². The third-order valence-electron chi connectivity index (χ3n) is 5.51. The first-order valence-electron chi connectivity index (χ1n) is 9.53. The summed E-state index contributed by atoms with van der Waals surface area (Å²) in [6.45, 7) is 4.03. The molecule has 1 aliphatic rings. The number of sulfone groups is 2. The second-order valence-corrected chi connectivity index (χ2v) is 11.9. The quantitative estimate of drug-likeness (QED) is 0.685. The van der Waals surface area contributed by atoms with Gasteiger partial charge in [-0.3, -0.25) is 0 Å². The molecule has 0 bridgehead atoms. The minimum atomic E-state index is -3.94. The second kappa shape index (κ2) is 8.56. The van der Waals surface area contributed by atoms with Crippen molar-refractivity contribution in [3.05, 3.63) is 53.1 Å². The molecular formula is C21H27NO6S2. The van der Waals surface area contributed by atoms with Crippen LogP contribution in [0.2, 0.25) is 0 Å². The van der Waals surface area contributed by atoms with Gasteiger partial charge in [-0.15, -0.1) is 0 Å². The van der Waals surface area contributed by atoms with E-state index in [1.54, 1.807) is 31.4 Å². The van der Waals surface area contributed by atoms with Gasteiger partial charge in [0.25, 0.3) is 0 Å². The van der Waals surface area contributed by atoms with Crippen LogP contribution in [-0.2, 0) is 26.2 Å². The van der Waals surface area contributed by atoms with Crippen molar-refractivity contribution >= 4 is 19.7 Å². The van der Waals surface area contributed by atoms with Crippen molar-refractivity contribution in [2.75, 3.05) is 25.7 Å². The van der Waals surface area contributed by atoms with E-state index in [4.69, 9.17) is 9.47 Å². The molecule has 1 aliphatic heterocycles. The molecule has 0 spiro atoms. The van der Waals surface area contributed by atoms with Crippen LogP contribution in [0.4, 0.5) is 0 Å². The molecule has 0 saturated carbocycles. The molecule has 2 aromatic carbocycles. The lowest BCUT2D eigenvalue weighted by Gasteiger charge is -2.22. The highest BCUT2D eigenvalue weighted by molar-refractivity contribution is 7.96. The Morgan fingerprint density at radius 1 is 1.00 bits per heavy atom. The van der Waals surface area contributed by atoms with Gasteiger partial charge in [0.1, 0.15) is 16.4 Å². The molecular weight excluding hydrogens is 426 g/mol. The predicted octanol–water partition coefficient (Wildman–Crippen LogP) is 2.05. The number of nitrogens with one attached hydrogen (secondary N) is 1. The molecule has 3 rings (SSSR count). The first-order chi connectivity index (χ1) is 14.1. The zero-order valence-corrected chi connectivity index (χ0v) is 19.1. The SMILES string of the molecule is COc1ccc(CN[C@H]2CS(=O)(=O)C[C@@H]2S(=O)(=O)c2cc(C)c(C)cc2OC)cc1. The summed E-state index contributed by atoms with van der Waals surface area (Å²) < 4.78 is 62.1. The zero-order valence-electron chi connectivity index (χ0n) is 17.5. The Morgan fingerprint density at radius 3 is 2.23 bits per heavy atom. The van der Waals surface area contributed by atoms with Crippen molar-refractivity contribution in [3.63, 3.8) is 0 Å². The first kappa shape index (κ1) is 22.6. The standard InChI is InChI=1S/C21H27NO6S2/c1-14-9-19(28-4)20(10-15(14)2)30(25,26)21-13-29(23,24)12-18(21)22-11-16-5-7-17(27-3)8-6-16/h5-10,18,21-22H,11-13H2,1-4H3/t18-,21-/m0/s1. The Bertz CT molecular complexity index is 1120. The molecule has 0 aromatic heterocycles. The Kier molecular flexibility index (Phi) is 6.45. The van der Waals surface area contributed by atoms with E-state index < -0.39 is 36.7 Å². The van der Waals surface area contributed by atoms with Gasteiger partial charge >= 0.3 is 0 Å². The summed E-state index contributed by atoms with van der Waals surface area (Å²) in [4.78, 5) is 0.0337. The summed E-state index contributed by atoms with van der Waals surface area (Å²) >= 11 is 0. The lowest BCUT2D eigenvalue weighted by atomic mass is 10.1. The highest BCUT2D eigenvalue weighted by Gasteiger charge is 2.46. The summed E-state index contributed by atoms with van der Waals surface area (Å²) in [5, 5.41) is 2.05. The fraction of sp³-hybridized carbons (Fsp3) is 0.429. The maximum atomic E-state index is 13.5. The zero-order chi connectivity index (χ0) is 22.1. The van der Waals surface area contributed by atoms with Crippen LogP contribution >= 0.6 is 0 Å². The smallest absolute Gasteiger partial charge is 0.187 e. The van der Waals surface area contributed by atoms with Crippen molar-refractivity contribution < 1.29 is 26.3 Å². The maximum Gasteiger partial charge on any atom is 0.187 e. The van der Waals surface area contributed by atoms with Gasteiger partial charge in [-0.25, -0.2) is 16.8 Å². The lowest BCUT2D eigenvalue weighted by molar-refractivity contribution is 0.401. The molecule has 2 atom stereocenters. The van der Waals surface area contributed by atoms with Crippen LogP contribution < -0.4 is 14.8 Å². The minimum Gasteiger partial charge on any atom is -0.497 e. The van der Waals surface area contributed by atoms with Crippen molar-refractivity contribution in [2.24, 2.45) is 0 Å². The number of aryl methyl sites for hydroxylation is 2. The third kappa shape index (κ3) is 4.63. The summed E-state index contributed by atoms with van der Waals surface area (Å²) in [6, 6.07) is 9.83. The van der Waals surface area contributed by atoms with Gasteiger partial charge in [-0.1, -0.05) is 12.1 Å². The Morgan fingerprint density at radius 2 is 1.63 bits per heavy atom. The van der Waals surface area contributed by atoms with E-state index >= 15 is 0 Å². The Balaban J connectivity index is 1.90. The van der Waals surface area contributed by atoms with Crippen LogP contribution in [-0.4, -0.2) is 53.9 Å². The average Bonchev–Trinajstić information content (AvgIpc) is 3.03. The van der Waals surface area contributed by atoms with Crippen LogP contribution in [0.5, 0.6) is 11.5 Å². The van der Waals surface area contributed by atoms with E-state index in [2.05, 4.69) is 5.32 Å². The van der Waals surface area contributed by atoms with Crippen LogP contribution in [0.3, 0.4) is 0 Å². The number of benzene rings is 2. The molecule has 0 aliphatic carbocycles. The summed E-state index contributed by atoms with van der Waals surface area (Å²) in [6.07, 6.45) is 0. The molecule has 1 heterocycles. The van der Waals surface area contributed by atoms with Crippen LogP contribution in [0.1, 0.15) is 16.7 Å². The predicted molar refractivity (Wildman–Crippen MR) is 116 cm³/mol. The molecule has 1 fully saturated rings. The van der Waals surface area contributed by atoms with Gasteiger partial charge in [0.15, 0.2) is 19.7 Å². The number of hydrogen-bond acceptors (Lipinski definition) is 7. The summed E-state index contributed by atoms with van der Waals surface area (Å²) in [5.41, 5.74) is 2.61. The molecule has 164 valence electrons. The summed E-state index contributed by atoms with van der Waals surface area (Å²) in [7, 11) is -4.45. The van der Waals surface area contributed by atoms with Gasteiger partial charge in [0, 0.05) is 12.6 Å². The van der Waals surface area contributed by atoms with Gasteiger partial charge in [-0.2, -0.15) is 0 Å². The van der Waals surface area contributed by atoms with Gasteiger partial charge in [-0.05, 0) is 54.8 Å². The molecule has 7 nitrogen and oxygen atoms in total. The Labute approximate surface area is 178 Å². The van der Waals surface area contributed by atoms with Crippen LogP contribution in [0.25, 0.3) is 0 Å². The number of ether oxygens (including phenoxy) is 2. The van der Waals surface area contributed by atoms with Crippen LogP contribution in [0, 0.1) is 13.8 Å². The van der Waals surface area contributed by atoms with E-state index in [-0.39, 0.29) is 16.4 Å². The fourth-order valence-corrected chi connectivity index (χ4v) is 8.55. The highest BCUT2D eigenvalue weighted by Crippen LogP contribution is 2.33. The molecule has 1 N–H and O–H groups in total. The normalized spacial score (nSPS) is 20.8. The molecule has 0 unspecified atom stereocenters. The third-order valence-corrected chi connectivity index (χ3v) is 9.68. The summed E-state index contributed by atoms with van der Waals surface area (Å²) in [5.74, 6) is 0.312. The van der Waals surface area contributed by atoms with E-state index in [1.807, 2.05) is 26.0 Å². The van der Waals surface area contributed by atoms with Crippen molar-refractivity contribution in [1.29, 1.82) is 0 Å². The van der Waals surface area contributed by atoms with E-state index in [0.29, 0.717) is 12.3 Å². The lowest BCUT2D eigenvalue weighted by Crippen LogP contribution is -2.43. The van der Waals surface area contributed by atoms with Gasteiger partial charge < -0.3 is 14.8 Å². The highest BCUT2D eigenvalue weighted by atomic mass is 32.2. The molecule has 0 amide bonds. The number of hydrogen-bond donors (Lipinski definition) is 1. The van der Waals surface area contributed by atoms with Crippen LogP contribution in [0.15, 0.2) is 41.3 Å². The van der Waals surface area contributed by atoms with Crippen molar-refractivity contribution in [2.45, 2.75) is 36.6 Å². The fourth-order valence-electron chi connectivity index (χ4n) is 3.61. The van der Waals surface area contributed by atoms with Crippen molar-refractivity contribution in [1.82, 2.24) is 5.32 Å². The van der Waals surface area contributed by atoms with E-state index in [1.165, 1.54) is 7.11 Å². The molecule has 2 aromatic rings. The maximum absolute atomic E-state index is 13.5. The molecule has 30 heavy (non-hydrogen) atoms. The van der Waals surface area contributed by atoms with Gasteiger partial charge in [0.2, 0.25) is 0 Å². The van der Waals surface area contributed by atoms with E-state index in [9.17, 15) is 16.8 Å². The van der Waals surface area contributed by atoms with Gasteiger partial charge in [0.05, 0.1) is 31.0 Å². The number of methoxy groups -OCH3 is 2. The molecule has 9 heteroatoms. The van der Waals surface area contributed by atoms with E-state index in [0.717, 1.165) is 16.7 Å².